The van der Waals surface area contributed by atoms with Gasteiger partial charge in [0.25, 0.3) is 0 Å². The molecule has 0 spiro atoms. The minimum absolute atomic E-state index is 0.173. The van der Waals surface area contributed by atoms with Gasteiger partial charge in [-0.1, -0.05) is 47.6 Å². The quantitative estimate of drug-likeness (QED) is 0.404. The summed E-state index contributed by atoms with van der Waals surface area (Å²) in [7, 11) is 0. The Balaban J connectivity index is 1.28. The zero-order chi connectivity index (χ0) is 23.0. The number of piperazine rings is 1. The second kappa shape index (κ2) is 11.1. The topological polar surface area (TPSA) is 91.1 Å². The molecule has 0 radical (unpaired) electrons. The summed E-state index contributed by atoms with van der Waals surface area (Å²) >= 11 is 0. The first kappa shape index (κ1) is 22.9. The van der Waals surface area contributed by atoms with E-state index in [1.54, 1.807) is 6.07 Å². The third-order valence-corrected chi connectivity index (χ3v) is 5.90. The number of aliphatic hydroxyl groups is 1. The van der Waals surface area contributed by atoms with Gasteiger partial charge in [-0.25, -0.2) is 9.38 Å². The molecule has 0 atom stereocenters. The van der Waals surface area contributed by atoms with Crippen LogP contribution in [0.4, 0.5) is 4.39 Å². The highest BCUT2D eigenvalue weighted by Gasteiger charge is 2.17. The Labute approximate surface area is 193 Å². The molecule has 1 aromatic heterocycles. The fourth-order valence-corrected chi connectivity index (χ4v) is 3.99. The number of guanidine groups is 1. The average Bonchev–Trinajstić information content (AvgIpc) is 3.30. The van der Waals surface area contributed by atoms with E-state index in [9.17, 15) is 4.39 Å². The summed E-state index contributed by atoms with van der Waals surface area (Å²) < 4.78 is 20.0. The molecular weight excluding hydrogens is 421 g/mol. The number of β-amino-alcohol motifs (C(OH)–C–C–N with tert-alkyl or cyclic N) is 1. The molecule has 8 heteroatoms. The SMILES string of the molecule is NC(=NCc1cc(CCc2ccc(-c3ccccc3)c(F)c2)on1)N1CCN(CCO)CC1. The smallest absolute Gasteiger partial charge is 0.191 e. The van der Waals surface area contributed by atoms with Crippen molar-refractivity contribution in [2.24, 2.45) is 10.7 Å². The van der Waals surface area contributed by atoms with Crippen molar-refractivity contribution in [1.82, 2.24) is 15.0 Å². The van der Waals surface area contributed by atoms with Gasteiger partial charge >= 0.3 is 0 Å². The lowest BCUT2D eigenvalue weighted by molar-refractivity contribution is 0.146. The molecule has 4 rings (SSSR count). The lowest BCUT2D eigenvalue weighted by Gasteiger charge is -2.34. The molecule has 0 aliphatic carbocycles. The van der Waals surface area contributed by atoms with E-state index >= 15 is 0 Å². The molecule has 0 bridgehead atoms. The van der Waals surface area contributed by atoms with Gasteiger partial charge in [-0.05, 0) is 23.6 Å². The molecule has 2 heterocycles. The molecule has 0 amide bonds. The number of aryl methyl sites for hydroxylation is 2. The minimum atomic E-state index is -0.223. The number of halogens is 1. The summed E-state index contributed by atoms with van der Waals surface area (Å²) in [6.07, 6.45) is 1.29. The lowest BCUT2D eigenvalue weighted by Crippen LogP contribution is -2.51. The third-order valence-electron chi connectivity index (χ3n) is 5.90. The zero-order valence-electron chi connectivity index (χ0n) is 18.7. The van der Waals surface area contributed by atoms with Crippen LogP contribution in [0.1, 0.15) is 17.0 Å². The van der Waals surface area contributed by atoms with E-state index in [1.165, 1.54) is 0 Å². The molecule has 1 aliphatic heterocycles. The van der Waals surface area contributed by atoms with Crippen LogP contribution >= 0.6 is 0 Å². The number of rotatable bonds is 8. The first-order valence-electron chi connectivity index (χ1n) is 11.3. The van der Waals surface area contributed by atoms with Crippen molar-refractivity contribution in [3.8, 4) is 11.1 Å². The van der Waals surface area contributed by atoms with Gasteiger partial charge in [-0.3, -0.25) is 4.90 Å². The molecule has 1 fully saturated rings. The normalized spacial score (nSPS) is 15.2. The van der Waals surface area contributed by atoms with Gasteiger partial charge in [0.2, 0.25) is 0 Å². The van der Waals surface area contributed by atoms with E-state index in [0.717, 1.165) is 48.8 Å². The van der Waals surface area contributed by atoms with Gasteiger partial charge in [-0.2, -0.15) is 0 Å². The molecule has 2 aromatic carbocycles. The largest absolute Gasteiger partial charge is 0.395 e. The second-order valence-electron chi connectivity index (χ2n) is 8.19. The number of aromatic nitrogens is 1. The Morgan fingerprint density at radius 3 is 2.58 bits per heavy atom. The van der Waals surface area contributed by atoms with Crippen LogP contribution < -0.4 is 5.73 Å². The van der Waals surface area contributed by atoms with Crippen molar-refractivity contribution in [2.45, 2.75) is 19.4 Å². The average molecular weight is 452 g/mol. The molecule has 1 saturated heterocycles. The van der Waals surface area contributed by atoms with Gasteiger partial charge in [0.15, 0.2) is 5.96 Å². The zero-order valence-corrected chi connectivity index (χ0v) is 18.7. The van der Waals surface area contributed by atoms with Gasteiger partial charge in [0.1, 0.15) is 17.3 Å². The Morgan fingerprint density at radius 2 is 1.85 bits per heavy atom. The number of nitrogens with zero attached hydrogens (tertiary/aromatic N) is 4. The van der Waals surface area contributed by atoms with Crippen LogP contribution in [0.25, 0.3) is 11.1 Å². The summed E-state index contributed by atoms with van der Waals surface area (Å²) in [6, 6.07) is 16.8. The molecule has 3 aromatic rings. The molecule has 0 saturated carbocycles. The van der Waals surface area contributed by atoms with Gasteiger partial charge in [0, 0.05) is 50.8 Å². The van der Waals surface area contributed by atoms with Crippen molar-refractivity contribution in [3.05, 3.63) is 77.4 Å². The number of nitrogens with two attached hydrogens (primary N) is 1. The first-order valence-corrected chi connectivity index (χ1v) is 11.3. The molecule has 33 heavy (non-hydrogen) atoms. The maximum absolute atomic E-state index is 14.6. The minimum Gasteiger partial charge on any atom is -0.395 e. The van der Waals surface area contributed by atoms with Crippen molar-refractivity contribution >= 4 is 5.96 Å². The summed E-state index contributed by atoms with van der Waals surface area (Å²) in [4.78, 5) is 8.70. The maximum atomic E-state index is 14.6. The standard InChI is InChI=1S/C25H30FN5O2/c26-24-16-19(7-9-23(24)20-4-2-1-3-5-20)6-8-22-17-21(29-33-22)18-28-25(27)31-12-10-30(11-13-31)14-15-32/h1-5,7,9,16-17,32H,6,8,10-15,18H2,(H2,27,28). The van der Waals surface area contributed by atoms with Crippen LogP contribution in [0.3, 0.4) is 0 Å². The van der Waals surface area contributed by atoms with E-state index in [-0.39, 0.29) is 12.4 Å². The summed E-state index contributed by atoms with van der Waals surface area (Å²) in [6.45, 7) is 4.52. The van der Waals surface area contributed by atoms with E-state index < -0.39 is 0 Å². The van der Waals surface area contributed by atoms with Crippen LogP contribution in [0.15, 0.2) is 64.1 Å². The molecule has 1 aliphatic rings. The van der Waals surface area contributed by atoms with Crippen LogP contribution in [-0.2, 0) is 19.4 Å². The Kier molecular flexibility index (Phi) is 7.70. The molecule has 0 unspecified atom stereocenters. The maximum Gasteiger partial charge on any atom is 0.191 e. The molecule has 7 nitrogen and oxygen atoms in total. The lowest BCUT2D eigenvalue weighted by atomic mass is 10.0. The van der Waals surface area contributed by atoms with Crippen LogP contribution in [0.5, 0.6) is 0 Å². The Bertz CT molecular complexity index is 1060. The first-order chi connectivity index (χ1) is 16.1. The third kappa shape index (κ3) is 6.18. The van der Waals surface area contributed by atoms with Crippen molar-refractivity contribution in [2.75, 3.05) is 39.3 Å². The van der Waals surface area contributed by atoms with Crippen LogP contribution in [-0.4, -0.2) is 65.4 Å². The van der Waals surface area contributed by atoms with Gasteiger partial charge < -0.3 is 20.3 Å². The van der Waals surface area contributed by atoms with Crippen molar-refractivity contribution < 1.29 is 14.0 Å². The van der Waals surface area contributed by atoms with E-state index in [4.69, 9.17) is 15.4 Å². The number of aliphatic imine (C=N–C) groups is 1. The van der Waals surface area contributed by atoms with E-state index in [2.05, 4.69) is 15.0 Å². The number of aliphatic hydroxyl groups excluding tert-OH is 1. The van der Waals surface area contributed by atoms with Gasteiger partial charge in [0.05, 0.1) is 13.2 Å². The second-order valence-corrected chi connectivity index (χ2v) is 8.19. The Hall–Kier alpha value is -3.23. The Morgan fingerprint density at radius 1 is 1.06 bits per heavy atom. The highest BCUT2D eigenvalue weighted by Crippen LogP contribution is 2.24. The summed E-state index contributed by atoms with van der Waals surface area (Å²) in [5.74, 6) is 1.01. The number of hydrogen-bond donors (Lipinski definition) is 2. The number of hydrogen-bond acceptors (Lipinski definition) is 5. The monoisotopic (exact) mass is 451 g/mol. The summed E-state index contributed by atoms with van der Waals surface area (Å²) in [5.41, 5.74) is 9.24. The predicted octanol–water partition coefficient (Wildman–Crippen LogP) is 2.69. The van der Waals surface area contributed by atoms with E-state index in [0.29, 0.717) is 37.5 Å². The highest BCUT2D eigenvalue weighted by molar-refractivity contribution is 5.78. The highest BCUT2D eigenvalue weighted by atomic mass is 19.1. The number of benzene rings is 2. The fraction of sp³-hybridized carbons (Fsp3) is 0.360. The van der Waals surface area contributed by atoms with E-state index in [1.807, 2.05) is 53.4 Å². The van der Waals surface area contributed by atoms with Crippen molar-refractivity contribution in [3.63, 3.8) is 0 Å². The molecule has 174 valence electrons. The van der Waals surface area contributed by atoms with Crippen molar-refractivity contribution in [1.29, 1.82) is 0 Å². The van der Waals surface area contributed by atoms with Crippen LogP contribution in [0.2, 0.25) is 0 Å². The predicted molar refractivity (Wildman–Crippen MR) is 126 cm³/mol. The molecular formula is C25H30FN5O2. The fourth-order valence-electron chi connectivity index (χ4n) is 3.99. The van der Waals surface area contributed by atoms with Gasteiger partial charge in [-0.15, -0.1) is 0 Å². The van der Waals surface area contributed by atoms with Crippen LogP contribution in [0, 0.1) is 5.82 Å². The molecule has 3 N–H and O–H groups in total. The summed E-state index contributed by atoms with van der Waals surface area (Å²) in [5, 5.41) is 13.1.